The summed E-state index contributed by atoms with van der Waals surface area (Å²) in [5.41, 5.74) is 0.796. The highest BCUT2D eigenvalue weighted by Gasteiger charge is 2.31. The van der Waals surface area contributed by atoms with Gasteiger partial charge in [0.2, 0.25) is 0 Å². The average Bonchev–Trinajstić information content (AvgIpc) is 2.62. The molecule has 0 spiro atoms. The number of piperazine rings is 1. The molecule has 0 aromatic heterocycles. The van der Waals surface area contributed by atoms with Crippen LogP contribution < -0.4 is 15.5 Å². The Labute approximate surface area is 152 Å². The highest BCUT2D eigenvalue weighted by Crippen LogP contribution is 2.33. The van der Waals surface area contributed by atoms with Crippen molar-refractivity contribution in [2.45, 2.75) is 12.7 Å². The van der Waals surface area contributed by atoms with E-state index < -0.39 is 11.7 Å². The Morgan fingerprint density at radius 1 is 1.23 bits per heavy atom. The van der Waals surface area contributed by atoms with E-state index >= 15 is 0 Å². The van der Waals surface area contributed by atoms with Crippen molar-refractivity contribution in [1.29, 1.82) is 0 Å². The molecule has 1 aliphatic rings. The van der Waals surface area contributed by atoms with E-state index in [4.69, 9.17) is 0 Å². The third-order valence-corrected chi connectivity index (χ3v) is 4.33. The number of hydrogen-bond donors (Lipinski definition) is 2. The van der Waals surface area contributed by atoms with Gasteiger partial charge in [-0.3, -0.25) is 4.99 Å². The molecule has 1 aliphatic heterocycles. The van der Waals surface area contributed by atoms with Crippen LogP contribution in [0.1, 0.15) is 11.1 Å². The highest BCUT2D eigenvalue weighted by molar-refractivity contribution is 5.80. The lowest BCUT2D eigenvalue weighted by atomic mass is 10.1. The molecule has 0 unspecified atom stereocenters. The smallest absolute Gasteiger partial charge is 0.369 e. The van der Waals surface area contributed by atoms with Gasteiger partial charge in [-0.25, -0.2) is 0 Å². The molecule has 2 rings (SSSR count). The number of rotatable bonds is 5. The lowest BCUT2D eigenvalue weighted by Crippen LogP contribution is -2.45. The summed E-state index contributed by atoms with van der Waals surface area (Å²) >= 11 is 0. The summed E-state index contributed by atoms with van der Waals surface area (Å²) in [7, 11) is 3.66. The SMILES string of the molecule is C=CCNC(=NC)NCc1cc(C(F)(F)F)ccc1N1CCN(C)CC1. The zero-order chi connectivity index (χ0) is 19.2. The molecule has 0 saturated carbocycles. The van der Waals surface area contributed by atoms with Crippen LogP contribution in [0.15, 0.2) is 35.8 Å². The van der Waals surface area contributed by atoms with E-state index in [1.165, 1.54) is 6.07 Å². The molecule has 0 aliphatic carbocycles. The minimum absolute atomic E-state index is 0.252. The topological polar surface area (TPSA) is 42.9 Å². The number of guanidine groups is 1. The van der Waals surface area contributed by atoms with Crippen molar-refractivity contribution in [3.05, 3.63) is 42.0 Å². The number of halogens is 3. The van der Waals surface area contributed by atoms with Crippen molar-refractivity contribution >= 4 is 11.6 Å². The van der Waals surface area contributed by atoms with E-state index in [1.807, 2.05) is 7.05 Å². The van der Waals surface area contributed by atoms with E-state index in [2.05, 4.69) is 32.0 Å². The summed E-state index contributed by atoms with van der Waals surface area (Å²) in [4.78, 5) is 8.41. The van der Waals surface area contributed by atoms with E-state index in [1.54, 1.807) is 19.2 Å². The maximum Gasteiger partial charge on any atom is 0.416 e. The molecule has 0 radical (unpaired) electrons. The second-order valence-electron chi connectivity index (χ2n) is 6.23. The second-order valence-corrected chi connectivity index (χ2v) is 6.23. The summed E-state index contributed by atoms with van der Waals surface area (Å²) in [5.74, 6) is 0.520. The summed E-state index contributed by atoms with van der Waals surface area (Å²) in [5, 5.41) is 6.09. The Morgan fingerprint density at radius 2 is 1.92 bits per heavy atom. The standard InChI is InChI=1S/C18H26F3N5/c1-4-7-23-17(22-2)24-13-14-12-15(18(19,20)21)5-6-16(14)26-10-8-25(3)9-11-26/h4-6,12H,1,7-11,13H2,2-3H3,(H2,22,23,24). The number of likely N-dealkylation sites (N-methyl/N-ethyl adjacent to an activating group) is 1. The normalized spacial score (nSPS) is 16.5. The van der Waals surface area contributed by atoms with Crippen LogP contribution in [0, 0.1) is 0 Å². The zero-order valence-corrected chi connectivity index (χ0v) is 15.2. The van der Waals surface area contributed by atoms with Crippen LogP contribution >= 0.6 is 0 Å². The maximum atomic E-state index is 13.1. The molecule has 2 N–H and O–H groups in total. The number of nitrogens with one attached hydrogen (secondary N) is 2. The number of nitrogens with zero attached hydrogens (tertiary/aromatic N) is 3. The summed E-state index contributed by atoms with van der Waals surface area (Å²) in [6.45, 7) is 7.75. The summed E-state index contributed by atoms with van der Waals surface area (Å²) in [6, 6.07) is 3.95. The minimum Gasteiger partial charge on any atom is -0.369 e. The van der Waals surface area contributed by atoms with Gasteiger partial charge in [0.05, 0.1) is 5.56 Å². The number of hydrogen-bond acceptors (Lipinski definition) is 3. The van der Waals surface area contributed by atoms with E-state index in [9.17, 15) is 13.2 Å². The predicted octanol–water partition coefficient (Wildman–Crippen LogP) is 2.31. The zero-order valence-electron chi connectivity index (χ0n) is 15.2. The first-order chi connectivity index (χ1) is 12.3. The molecule has 5 nitrogen and oxygen atoms in total. The fourth-order valence-electron chi connectivity index (χ4n) is 2.83. The van der Waals surface area contributed by atoms with Crippen molar-refractivity contribution in [3.8, 4) is 0 Å². The Balaban J connectivity index is 2.22. The van der Waals surface area contributed by atoms with Gasteiger partial charge in [-0.05, 0) is 30.8 Å². The number of benzene rings is 1. The second kappa shape index (κ2) is 8.93. The van der Waals surface area contributed by atoms with Crippen molar-refractivity contribution in [2.24, 2.45) is 4.99 Å². The molecule has 0 atom stereocenters. The largest absolute Gasteiger partial charge is 0.416 e. The molecular weight excluding hydrogens is 343 g/mol. The van der Waals surface area contributed by atoms with E-state index in [0.29, 0.717) is 18.1 Å². The quantitative estimate of drug-likeness (QED) is 0.475. The van der Waals surface area contributed by atoms with E-state index in [-0.39, 0.29) is 6.54 Å². The molecule has 26 heavy (non-hydrogen) atoms. The molecule has 144 valence electrons. The predicted molar refractivity (Wildman–Crippen MR) is 99.6 cm³/mol. The van der Waals surface area contributed by atoms with Gasteiger partial charge < -0.3 is 20.4 Å². The highest BCUT2D eigenvalue weighted by atomic mass is 19.4. The summed E-state index contributed by atoms with van der Waals surface area (Å²) < 4.78 is 39.4. The van der Waals surface area contributed by atoms with Gasteiger partial charge in [0, 0.05) is 52.0 Å². The van der Waals surface area contributed by atoms with Crippen molar-refractivity contribution in [3.63, 3.8) is 0 Å². The van der Waals surface area contributed by atoms with Crippen molar-refractivity contribution < 1.29 is 13.2 Å². The lowest BCUT2D eigenvalue weighted by molar-refractivity contribution is -0.137. The van der Waals surface area contributed by atoms with Crippen molar-refractivity contribution in [2.75, 3.05) is 51.7 Å². The summed E-state index contributed by atoms with van der Waals surface area (Å²) in [6.07, 6.45) is -2.68. The Morgan fingerprint density at radius 3 is 2.50 bits per heavy atom. The van der Waals surface area contributed by atoms with Gasteiger partial charge in [0.25, 0.3) is 0 Å². The monoisotopic (exact) mass is 369 g/mol. The van der Waals surface area contributed by atoms with E-state index in [0.717, 1.165) is 37.9 Å². The first kappa shape index (κ1) is 20.1. The Kier molecular flexibility index (Phi) is 6.90. The third-order valence-electron chi connectivity index (χ3n) is 4.33. The van der Waals surface area contributed by atoms with Crippen LogP contribution in [-0.2, 0) is 12.7 Å². The first-order valence-corrected chi connectivity index (χ1v) is 8.54. The number of aliphatic imine (C=N–C) groups is 1. The fraction of sp³-hybridized carbons (Fsp3) is 0.500. The van der Waals surface area contributed by atoms with Gasteiger partial charge in [0.1, 0.15) is 0 Å². The maximum absolute atomic E-state index is 13.1. The van der Waals surface area contributed by atoms with Crippen LogP contribution in [0.2, 0.25) is 0 Å². The Hall–Kier alpha value is -2.22. The lowest BCUT2D eigenvalue weighted by Gasteiger charge is -2.35. The van der Waals surface area contributed by atoms with Gasteiger partial charge in [-0.15, -0.1) is 6.58 Å². The number of anilines is 1. The molecule has 0 amide bonds. The van der Waals surface area contributed by atoms with Crippen LogP contribution in [0.3, 0.4) is 0 Å². The van der Waals surface area contributed by atoms with Gasteiger partial charge in [-0.1, -0.05) is 6.08 Å². The molecule has 1 aromatic carbocycles. The van der Waals surface area contributed by atoms with Gasteiger partial charge in [0.15, 0.2) is 5.96 Å². The molecule has 0 bridgehead atoms. The molecular formula is C18H26F3N5. The average molecular weight is 369 g/mol. The third kappa shape index (κ3) is 5.39. The van der Waals surface area contributed by atoms with Crippen LogP contribution in [-0.4, -0.2) is 57.7 Å². The molecule has 1 fully saturated rings. The fourth-order valence-corrected chi connectivity index (χ4v) is 2.83. The minimum atomic E-state index is -4.36. The van der Waals surface area contributed by atoms with Crippen LogP contribution in [0.5, 0.6) is 0 Å². The first-order valence-electron chi connectivity index (χ1n) is 8.54. The molecule has 1 heterocycles. The van der Waals surface area contributed by atoms with Crippen LogP contribution in [0.25, 0.3) is 0 Å². The van der Waals surface area contributed by atoms with Crippen molar-refractivity contribution in [1.82, 2.24) is 15.5 Å². The Bertz CT molecular complexity index is 634. The molecule has 8 heteroatoms. The molecule has 1 aromatic rings. The van der Waals surface area contributed by atoms with Gasteiger partial charge in [-0.2, -0.15) is 13.2 Å². The van der Waals surface area contributed by atoms with Crippen LogP contribution in [0.4, 0.5) is 18.9 Å². The molecule has 1 saturated heterocycles. The number of alkyl halides is 3. The van der Waals surface area contributed by atoms with Gasteiger partial charge >= 0.3 is 6.18 Å².